The maximum absolute atomic E-state index is 12.9. The van der Waals surface area contributed by atoms with Crippen LogP contribution in [0.1, 0.15) is 23.2 Å². The van der Waals surface area contributed by atoms with E-state index in [9.17, 15) is 9.59 Å². The highest BCUT2D eigenvalue weighted by Gasteiger charge is 2.35. The first-order valence-corrected chi connectivity index (χ1v) is 10.9. The smallest absolute Gasteiger partial charge is 0.227 e. The SMILES string of the molecule is Cc1cccc(N2C[C@H](C(=O)NCc3cc(N(C)C)nc(-c4cccnc4)n3)CC2=O)c1C. The van der Waals surface area contributed by atoms with Gasteiger partial charge in [-0.15, -0.1) is 0 Å². The number of aryl methyl sites for hydroxylation is 1. The number of pyridine rings is 1. The van der Waals surface area contributed by atoms with E-state index in [1.807, 2.05) is 69.2 Å². The van der Waals surface area contributed by atoms with Gasteiger partial charge in [0.05, 0.1) is 18.2 Å². The zero-order chi connectivity index (χ0) is 23.5. The van der Waals surface area contributed by atoms with Crippen LogP contribution in [0.3, 0.4) is 0 Å². The van der Waals surface area contributed by atoms with Crippen LogP contribution >= 0.6 is 0 Å². The second-order valence-corrected chi connectivity index (χ2v) is 8.52. The predicted molar refractivity (Wildman–Crippen MR) is 128 cm³/mol. The number of aromatic nitrogens is 3. The summed E-state index contributed by atoms with van der Waals surface area (Å²) in [4.78, 5) is 42.5. The Balaban J connectivity index is 1.47. The average molecular weight is 445 g/mol. The van der Waals surface area contributed by atoms with Crippen molar-refractivity contribution in [3.8, 4) is 11.4 Å². The van der Waals surface area contributed by atoms with E-state index in [4.69, 9.17) is 0 Å². The Bertz CT molecular complexity index is 1180. The lowest BCUT2D eigenvalue weighted by Gasteiger charge is -2.20. The molecule has 1 aromatic carbocycles. The molecule has 1 atom stereocenters. The van der Waals surface area contributed by atoms with Gasteiger partial charge in [0.2, 0.25) is 11.8 Å². The van der Waals surface area contributed by atoms with Crippen molar-refractivity contribution in [3.05, 3.63) is 65.6 Å². The first-order valence-electron chi connectivity index (χ1n) is 10.9. The predicted octanol–water partition coefficient (Wildman–Crippen LogP) is 2.89. The van der Waals surface area contributed by atoms with Crippen LogP contribution in [0.5, 0.6) is 0 Å². The van der Waals surface area contributed by atoms with Gasteiger partial charge in [0.15, 0.2) is 5.82 Å². The van der Waals surface area contributed by atoms with Crippen molar-refractivity contribution in [2.45, 2.75) is 26.8 Å². The van der Waals surface area contributed by atoms with E-state index in [0.717, 1.165) is 28.2 Å². The fourth-order valence-corrected chi connectivity index (χ4v) is 3.89. The molecule has 1 saturated heterocycles. The van der Waals surface area contributed by atoms with E-state index in [-0.39, 0.29) is 24.8 Å². The van der Waals surface area contributed by atoms with Crippen LogP contribution in [0.4, 0.5) is 11.5 Å². The summed E-state index contributed by atoms with van der Waals surface area (Å²) in [5.74, 6) is 0.718. The van der Waals surface area contributed by atoms with Crippen LogP contribution in [0, 0.1) is 19.8 Å². The number of nitrogens with one attached hydrogen (secondary N) is 1. The zero-order valence-corrected chi connectivity index (χ0v) is 19.4. The Hall–Kier alpha value is -3.81. The standard InChI is InChI=1S/C25H28N6O2/c1-16-7-5-9-21(17(16)2)31-15-19(11-23(31)32)25(33)27-14-20-12-22(30(3)4)29-24(28-20)18-8-6-10-26-13-18/h5-10,12-13,19H,11,14-15H2,1-4H3,(H,27,33)/t19-/m1/s1. The topological polar surface area (TPSA) is 91.3 Å². The van der Waals surface area contributed by atoms with Crippen molar-refractivity contribution >= 4 is 23.3 Å². The molecule has 2 amide bonds. The van der Waals surface area contributed by atoms with Gasteiger partial charge < -0.3 is 15.1 Å². The molecule has 3 heterocycles. The summed E-state index contributed by atoms with van der Waals surface area (Å²) in [7, 11) is 3.81. The highest BCUT2D eigenvalue weighted by Crippen LogP contribution is 2.29. The van der Waals surface area contributed by atoms with Crippen LogP contribution in [0.25, 0.3) is 11.4 Å². The Morgan fingerprint density at radius 2 is 2.00 bits per heavy atom. The van der Waals surface area contributed by atoms with Crippen molar-refractivity contribution in [1.82, 2.24) is 20.3 Å². The molecular formula is C25H28N6O2. The second-order valence-electron chi connectivity index (χ2n) is 8.52. The molecule has 8 nitrogen and oxygen atoms in total. The van der Waals surface area contributed by atoms with Gasteiger partial charge in [-0.25, -0.2) is 9.97 Å². The van der Waals surface area contributed by atoms with E-state index in [0.29, 0.717) is 18.1 Å². The van der Waals surface area contributed by atoms with Crippen LogP contribution in [0.15, 0.2) is 48.8 Å². The van der Waals surface area contributed by atoms with Gasteiger partial charge in [-0.3, -0.25) is 14.6 Å². The summed E-state index contributed by atoms with van der Waals surface area (Å²) in [5, 5.41) is 2.96. The molecular weight excluding hydrogens is 416 g/mol. The number of hydrogen-bond acceptors (Lipinski definition) is 6. The summed E-state index contributed by atoms with van der Waals surface area (Å²) >= 11 is 0. The summed E-state index contributed by atoms with van der Waals surface area (Å²) in [5.41, 5.74) is 4.56. The fourth-order valence-electron chi connectivity index (χ4n) is 3.89. The Morgan fingerprint density at radius 1 is 1.18 bits per heavy atom. The van der Waals surface area contributed by atoms with Crippen molar-refractivity contribution < 1.29 is 9.59 Å². The molecule has 2 aromatic heterocycles. The summed E-state index contributed by atoms with van der Waals surface area (Å²) in [6.07, 6.45) is 3.61. The van der Waals surface area contributed by atoms with Gasteiger partial charge >= 0.3 is 0 Å². The molecule has 1 fully saturated rings. The molecule has 1 aliphatic heterocycles. The molecule has 1 aliphatic rings. The molecule has 0 aliphatic carbocycles. The third-order valence-corrected chi connectivity index (χ3v) is 5.95. The van der Waals surface area contributed by atoms with Crippen LogP contribution in [0.2, 0.25) is 0 Å². The molecule has 0 spiro atoms. The maximum atomic E-state index is 12.9. The van der Waals surface area contributed by atoms with Gasteiger partial charge in [0.25, 0.3) is 0 Å². The maximum Gasteiger partial charge on any atom is 0.227 e. The zero-order valence-electron chi connectivity index (χ0n) is 19.4. The lowest BCUT2D eigenvalue weighted by atomic mass is 10.1. The largest absolute Gasteiger partial charge is 0.363 e. The molecule has 170 valence electrons. The summed E-state index contributed by atoms with van der Waals surface area (Å²) in [6.45, 7) is 4.65. The number of hydrogen-bond donors (Lipinski definition) is 1. The number of nitrogens with zero attached hydrogens (tertiary/aromatic N) is 5. The van der Waals surface area contributed by atoms with E-state index in [2.05, 4.69) is 20.3 Å². The second kappa shape index (κ2) is 9.36. The highest BCUT2D eigenvalue weighted by atomic mass is 16.2. The minimum atomic E-state index is -0.398. The molecule has 0 bridgehead atoms. The molecule has 3 aromatic rings. The number of benzene rings is 1. The monoisotopic (exact) mass is 444 g/mol. The quantitative estimate of drug-likeness (QED) is 0.629. The van der Waals surface area contributed by atoms with Gasteiger partial charge in [-0.1, -0.05) is 12.1 Å². The molecule has 4 rings (SSSR count). The van der Waals surface area contributed by atoms with Crippen molar-refractivity contribution in [1.29, 1.82) is 0 Å². The Labute approximate surface area is 193 Å². The number of carbonyl (C=O) groups is 2. The fraction of sp³-hybridized carbons (Fsp3) is 0.320. The third kappa shape index (κ3) is 4.84. The van der Waals surface area contributed by atoms with E-state index in [1.54, 1.807) is 17.3 Å². The molecule has 0 unspecified atom stereocenters. The average Bonchev–Trinajstić information content (AvgIpc) is 3.21. The van der Waals surface area contributed by atoms with Crippen LogP contribution in [-0.2, 0) is 16.1 Å². The lowest BCUT2D eigenvalue weighted by molar-refractivity contribution is -0.126. The molecule has 33 heavy (non-hydrogen) atoms. The Morgan fingerprint density at radius 3 is 2.73 bits per heavy atom. The van der Waals surface area contributed by atoms with Gasteiger partial charge in [-0.05, 0) is 43.2 Å². The number of amides is 2. The minimum Gasteiger partial charge on any atom is -0.363 e. The summed E-state index contributed by atoms with van der Waals surface area (Å²) in [6, 6.07) is 11.5. The summed E-state index contributed by atoms with van der Waals surface area (Å²) < 4.78 is 0. The number of carbonyl (C=O) groups excluding carboxylic acids is 2. The molecule has 0 radical (unpaired) electrons. The van der Waals surface area contributed by atoms with Crippen LogP contribution in [-0.4, -0.2) is 47.4 Å². The first kappa shape index (κ1) is 22.4. The minimum absolute atomic E-state index is 0.0281. The molecule has 8 heteroatoms. The van der Waals surface area contributed by atoms with E-state index >= 15 is 0 Å². The number of rotatable bonds is 6. The molecule has 0 saturated carbocycles. The highest BCUT2D eigenvalue weighted by molar-refractivity contribution is 6.00. The van der Waals surface area contributed by atoms with Crippen molar-refractivity contribution in [3.63, 3.8) is 0 Å². The normalized spacial score (nSPS) is 15.6. The third-order valence-electron chi connectivity index (χ3n) is 5.95. The van der Waals surface area contributed by atoms with Crippen LogP contribution < -0.4 is 15.1 Å². The van der Waals surface area contributed by atoms with Crippen molar-refractivity contribution in [2.24, 2.45) is 5.92 Å². The van der Waals surface area contributed by atoms with Gasteiger partial charge in [0, 0.05) is 56.8 Å². The van der Waals surface area contributed by atoms with E-state index in [1.165, 1.54) is 0 Å². The van der Waals surface area contributed by atoms with Crippen molar-refractivity contribution in [2.75, 3.05) is 30.4 Å². The molecule has 1 N–H and O–H groups in total. The van der Waals surface area contributed by atoms with Gasteiger partial charge in [-0.2, -0.15) is 0 Å². The Kier molecular flexibility index (Phi) is 6.35. The first-order chi connectivity index (χ1) is 15.8. The lowest BCUT2D eigenvalue weighted by Crippen LogP contribution is -2.33. The van der Waals surface area contributed by atoms with E-state index < -0.39 is 5.92 Å². The van der Waals surface area contributed by atoms with Gasteiger partial charge in [0.1, 0.15) is 5.82 Å². The number of anilines is 2.